The van der Waals surface area contributed by atoms with Gasteiger partial charge in [0.05, 0.1) is 12.5 Å². The Bertz CT molecular complexity index is 283. The van der Waals surface area contributed by atoms with E-state index in [4.69, 9.17) is 0 Å². The van der Waals surface area contributed by atoms with Crippen molar-refractivity contribution in [3.05, 3.63) is 18.5 Å². The molecule has 1 rings (SSSR count). The molecule has 0 amide bonds. The third-order valence-corrected chi connectivity index (χ3v) is 1.21. The van der Waals surface area contributed by atoms with Gasteiger partial charge in [0.15, 0.2) is 5.75 Å². The second kappa shape index (κ2) is 3.71. The number of pyridine rings is 1. The van der Waals surface area contributed by atoms with Gasteiger partial charge in [0.25, 0.3) is 0 Å². The van der Waals surface area contributed by atoms with E-state index >= 15 is 0 Å². The van der Waals surface area contributed by atoms with E-state index in [9.17, 15) is 5.11 Å². The SMILES string of the molecule is CN(C)C=Nc1ccncc1O. The molecule has 0 atom stereocenters. The fourth-order valence-corrected chi connectivity index (χ4v) is 0.666. The molecule has 0 radical (unpaired) electrons. The standard InChI is InChI=1S/C8H11N3O/c1-11(2)6-10-7-3-4-9-5-8(7)12/h3-6,12H,1-2H3. The summed E-state index contributed by atoms with van der Waals surface area (Å²) in [6.07, 6.45) is 4.57. The Morgan fingerprint density at radius 1 is 1.58 bits per heavy atom. The Balaban J connectivity index is 2.82. The fraction of sp³-hybridized carbons (Fsp3) is 0.250. The van der Waals surface area contributed by atoms with Crippen molar-refractivity contribution in [3.63, 3.8) is 0 Å². The van der Waals surface area contributed by atoms with Gasteiger partial charge in [0.1, 0.15) is 5.69 Å². The predicted molar refractivity (Wildman–Crippen MR) is 47.7 cm³/mol. The van der Waals surface area contributed by atoms with Crippen molar-refractivity contribution in [2.45, 2.75) is 0 Å². The first-order chi connectivity index (χ1) is 5.70. The lowest BCUT2D eigenvalue weighted by atomic mass is 10.4. The van der Waals surface area contributed by atoms with Crippen molar-refractivity contribution >= 4 is 12.0 Å². The van der Waals surface area contributed by atoms with Crippen molar-refractivity contribution in [1.29, 1.82) is 0 Å². The zero-order valence-corrected chi connectivity index (χ0v) is 7.10. The molecule has 0 aliphatic rings. The molecule has 0 aromatic carbocycles. The third kappa shape index (κ3) is 2.23. The summed E-state index contributed by atoms with van der Waals surface area (Å²) in [5, 5.41) is 9.23. The predicted octanol–water partition coefficient (Wildman–Crippen LogP) is 1.01. The van der Waals surface area contributed by atoms with Gasteiger partial charge < -0.3 is 10.0 Å². The second-order valence-electron chi connectivity index (χ2n) is 2.57. The number of aromatic hydroxyl groups is 1. The van der Waals surface area contributed by atoms with Crippen molar-refractivity contribution in [2.75, 3.05) is 14.1 Å². The van der Waals surface area contributed by atoms with Crippen LogP contribution in [0.3, 0.4) is 0 Å². The van der Waals surface area contributed by atoms with E-state index in [0.29, 0.717) is 5.69 Å². The Morgan fingerprint density at radius 2 is 2.33 bits per heavy atom. The molecule has 4 heteroatoms. The minimum Gasteiger partial charge on any atom is -0.504 e. The topological polar surface area (TPSA) is 48.7 Å². The normalized spacial score (nSPS) is 10.5. The Labute approximate surface area is 71.2 Å². The smallest absolute Gasteiger partial charge is 0.159 e. The number of hydrogen-bond acceptors (Lipinski definition) is 3. The van der Waals surface area contributed by atoms with Crippen LogP contribution in [0.4, 0.5) is 5.69 Å². The molecule has 0 unspecified atom stereocenters. The van der Waals surface area contributed by atoms with Crippen LogP contribution in [0.5, 0.6) is 5.75 Å². The fourth-order valence-electron chi connectivity index (χ4n) is 0.666. The van der Waals surface area contributed by atoms with E-state index in [-0.39, 0.29) is 5.75 Å². The first-order valence-electron chi connectivity index (χ1n) is 3.54. The second-order valence-corrected chi connectivity index (χ2v) is 2.57. The average molecular weight is 165 g/mol. The molecule has 0 fully saturated rings. The van der Waals surface area contributed by atoms with Gasteiger partial charge in [-0.25, -0.2) is 4.99 Å². The van der Waals surface area contributed by atoms with Crippen molar-refractivity contribution in [3.8, 4) is 5.75 Å². The van der Waals surface area contributed by atoms with Gasteiger partial charge >= 0.3 is 0 Å². The molecule has 4 nitrogen and oxygen atoms in total. The van der Waals surface area contributed by atoms with Crippen LogP contribution >= 0.6 is 0 Å². The number of aliphatic imine (C=N–C) groups is 1. The van der Waals surface area contributed by atoms with Crippen LogP contribution < -0.4 is 0 Å². The molecule has 0 saturated heterocycles. The molecule has 0 aliphatic carbocycles. The van der Waals surface area contributed by atoms with Crippen LogP contribution in [0, 0.1) is 0 Å². The molecule has 1 aromatic heterocycles. The molecular formula is C8H11N3O. The van der Waals surface area contributed by atoms with Crippen LogP contribution in [0.2, 0.25) is 0 Å². The van der Waals surface area contributed by atoms with Crippen molar-refractivity contribution in [1.82, 2.24) is 9.88 Å². The molecular weight excluding hydrogens is 154 g/mol. The highest BCUT2D eigenvalue weighted by atomic mass is 16.3. The molecule has 0 bridgehead atoms. The van der Waals surface area contributed by atoms with E-state index in [2.05, 4.69) is 9.98 Å². The quantitative estimate of drug-likeness (QED) is 0.525. The van der Waals surface area contributed by atoms with Gasteiger partial charge in [0, 0.05) is 20.3 Å². The largest absolute Gasteiger partial charge is 0.504 e. The molecule has 0 spiro atoms. The lowest BCUT2D eigenvalue weighted by molar-refractivity contribution is 0.474. The van der Waals surface area contributed by atoms with Gasteiger partial charge in [-0.05, 0) is 6.07 Å². The summed E-state index contributed by atoms with van der Waals surface area (Å²) in [7, 11) is 3.73. The Hall–Kier alpha value is -1.58. The van der Waals surface area contributed by atoms with E-state index in [0.717, 1.165) is 0 Å². The van der Waals surface area contributed by atoms with Crippen molar-refractivity contribution in [2.24, 2.45) is 4.99 Å². The van der Waals surface area contributed by atoms with E-state index in [1.165, 1.54) is 6.20 Å². The van der Waals surface area contributed by atoms with Crippen LogP contribution in [-0.4, -0.2) is 35.4 Å². The zero-order chi connectivity index (χ0) is 8.97. The summed E-state index contributed by atoms with van der Waals surface area (Å²) < 4.78 is 0. The number of rotatable bonds is 2. The molecule has 1 heterocycles. The lowest BCUT2D eigenvalue weighted by Gasteiger charge is -2.02. The number of aromatic nitrogens is 1. The molecule has 12 heavy (non-hydrogen) atoms. The summed E-state index contributed by atoms with van der Waals surface area (Å²) in [4.78, 5) is 9.54. The number of hydrogen-bond donors (Lipinski definition) is 1. The highest BCUT2D eigenvalue weighted by Gasteiger charge is 1.94. The highest BCUT2D eigenvalue weighted by Crippen LogP contribution is 2.22. The van der Waals surface area contributed by atoms with Gasteiger partial charge in [-0.1, -0.05) is 0 Å². The third-order valence-electron chi connectivity index (χ3n) is 1.21. The van der Waals surface area contributed by atoms with Crippen LogP contribution in [0.15, 0.2) is 23.5 Å². The first-order valence-corrected chi connectivity index (χ1v) is 3.54. The van der Waals surface area contributed by atoms with Gasteiger partial charge in [0.2, 0.25) is 0 Å². The molecule has 0 aliphatic heterocycles. The summed E-state index contributed by atoms with van der Waals surface area (Å²) in [5.74, 6) is 0.0931. The Morgan fingerprint density at radius 3 is 2.92 bits per heavy atom. The van der Waals surface area contributed by atoms with E-state index in [1.807, 2.05) is 14.1 Å². The minimum atomic E-state index is 0.0931. The number of nitrogens with zero attached hydrogens (tertiary/aromatic N) is 3. The van der Waals surface area contributed by atoms with Crippen molar-refractivity contribution < 1.29 is 5.11 Å². The molecule has 0 saturated carbocycles. The first kappa shape index (κ1) is 8.52. The molecule has 1 N–H and O–H groups in total. The van der Waals surface area contributed by atoms with Gasteiger partial charge in [-0.2, -0.15) is 0 Å². The van der Waals surface area contributed by atoms with Crippen LogP contribution in [0.1, 0.15) is 0 Å². The van der Waals surface area contributed by atoms with E-state index in [1.54, 1.807) is 23.5 Å². The summed E-state index contributed by atoms with van der Waals surface area (Å²) in [6.45, 7) is 0. The summed E-state index contributed by atoms with van der Waals surface area (Å²) in [6, 6.07) is 1.65. The lowest BCUT2D eigenvalue weighted by Crippen LogP contribution is -2.06. The van der Waals surface area contributed by atoms with E-state index < -0.39 is 0 Å². The maximum absolute atomic E-state index is 9.23. The van der Waals surface area contributed by atoms with Crippen LogP contribution in [-0.2, 0) is 0 Å². The summed E-state index contributed by atoms with van der Waals surface area (Å²) >= 11 is 0. The highest BCUT2D eigenvalue weighted by molar-refractivity contribution is 5.63. The minimum absolute atomic E-state index is 0.0931. The molecule has 64 valence electrons. The van der Waals surface area contributed by atoms with Crippen LogP contribution in [0.25, 0.3) is 0 Å². The van der Waals surface area contributed by atoms with Gasteiger partial charge in [-0.15, -0.1) is 0 Å². The zero-order valence-electron chi connectivity index (χ0n) is 7.10. The maximum atomic E-state index is 9.23. The average Bonchev–Trinajstić information content (AvgIpc) is 2.03. The van der Waals surface area contributed by atoms with Gasteiger partial charge in [-0.3, -0.25) is 4.98 Å². The Kier molecular flexibility index (Phi) is 2.63. The monoisotopic (exact) mass is 165 g/mol. The maximum Gasteiger partial charge on any atom is 0.159 e. The molecule has 1 aromatic rings. The summed E-state index contributed by atoms with van der Waals surface area (Å²) in [5.41, 5.74) is 0.527.